The summed E-state index contributed by atoms with van der Waals surface area (Å²) in [5.41, 5.74) is 5.48. The monoisotopic (exact) mass is 353 g/mol. The highest BCUT2D eigenvalue weighted by molar-refractivity contribution is 7.91. The minimum Gasteiger partial charge on any atom is -0.328 e. The van der Waals surface area contributed by atoms with Crippen molar-refractivity contribution in [1.82, 2.24) is 4.31 Å². The Morgan fingerprint density at radius 2 is 2.29 bits per heavy atom. The van der Waals surface area contributed by atoms with Crippen molar-refractivity contribution in [1.29, 1.82) is 0 Å². The Morgan fingerprint density at radius 1 is 1.62 bits per heavy atom. The van der Waals surface area contributed by atoms with Crippen LogP contribution in [0.3, 0.4) is 0 Å². The van der Waals surface area contributed by atoms with Gasteiger partial charge in [-0.3, -0.25) is 10.1 Å². The van der Waals surface area contributed by atoms with Gasteiger partial charge < -0.3 is 5.73 Å². The van der Waals surface area contributed by atoms with E-state index in [1.54, 1.807) is 0 Å². The smallest absolute Gasteiger partial charge is 0.300 e. The van der Waals surface area contributed by atoms with E-state index in [2.05, 4.69) is 0 Å². The third kappa shape index (κ3) is 3.37. The van der Waals surface area contributed by atoms with Gasteiger partial charge in [0.15, 0.2) is 4.34 Å². The van der Waals surface area contributed by atoms with Gasteiger partial charge in [0.05, 0.1) is 4.92 Å². The topological polar surface area (TPSA) is 107 Å². The summed E-state index contributed by atoms with van der Waals surface area (Å²) in [6.45, 7) is 2.59. The third-order valence-electron chi connectivity index (χ3n) is 3.60. The standard InChI is InChI=1S/C11H16ClN3O4S2/c1-7(13)8-3-2-4-14(6-8)21(18,19)10-5-9(15(16)17)11(12)20-10/h5,7-8H,2-4,6,13H2,1H3. The molecule has 7 nitrogen and oxygen atoms in total. The molecule has 0 saturated carbocycles. The molecule has 1 aliphatic heterocycles. The van der Waals surface area contributed by atoms with Crippen molar-refractivity contribution in [2.45, 2.75) is 30.0 Å². The first-order valence-corrected chi connectivity index (χ1v) is 9.06. The lowest BCUT2D eigenvalue weighted by molar-refractivity contribution is -0.384. The molecule has 1 fully saturated rings. The van der Waals surface area contributed by atoms with E-state index in [-0.39, 0.29) is 26.2 Å². The first-order valence-electron chi connectivity index (χ1n) is 6.43. The quantitative estimate of drug-likeness (QED) is 0.658. The van der Waals surface area contributed by atoms with Gasteiger partial charge in [0.2, 0.25) is 0 Å². The van der Waals surface area contributed by atoms with Crippen LogP contribution in [-0.2, 0) is 10.0 Å². The number of piperidine rings is 1. The Labute approximate surface area is 131 Å². The van der Waals surface area contributed by atoms with E-state index < -0.39 is 14.9 Å². The number of thiophene rings is 1. The molecule has 2 atom stereocenters. The maximum Gasteiger partial charge on any atom is 0.300 e. The lowest BCUT2D eigenvalue weighted by Crippen LogP contribution is -2.44. The van der Waals surface area contributed by atoms with Crippen molar-refractivity contribution in [3.05, 3.63) is 20.5 Å². The molecule has 1 saturated heterocycles. The SMILES string of the molecule is CC(N)C1CCCN(S(=O)(=O)c2cc([N+](=O)[O-])c(Cl)s2)C1. The zero-order valence-electron chi connectivity index (χ0n) is 11.4. The largest absolute Gasteiger partial charge is 0.328 e. The normalized spacial score (nSPS) is 22.1. The first kappa shape index (κ1) is 16.6. The van der Waals surface area contributed by atoms with Crippen LogP contribution < -0.4 is 5.73 Å². The van der Waals surface area contributed by atoms with Crippen LogP contribution in [0, 0.1) is 16.0 Å². The summed E-state index contributed by atoms with van der Waals surface area (Å²) < 4.78 is 26.2. The molecule has 10 heteroatoms. The van der Waals surface area contributed by atoms with Crippen LogP contribution in [-0.4, -0.2) is 36.8 Å². The Bertz CT molecular complexity index is 644. The molecule has 2 heterocycles. The molecule has 0 bridgehead atoms. The first-order chi connectivity index (χ1) is 9.73. The van der Waals surface area contributed by atoms with E-state index >= 15 is 0 Å². The number of nitrogens with zero attached hydrogens (tertiary/aromatic N) is 2. The average molecular weight is 354 g/mol. The van der Waals surface area contributed by atoms with Crippen molar-refractivity contribution in [3.63, 3.8) is 0 Å². The van der Waals surface area contributed by atoms with Gasteiger partial charge in [0.25, 0.3) is 15.7 Å². The predicted octanol–water partition coefficient (Wildman–Crippen LogP) is 2.06. The number of nitro groups is 1. The highest BCUT2D eigenvalue weighted by Gasteiger charge is 2.34. The maximum atomic E-state index is 12.6. The van der Waals surface area contributed by atoms with Crippen LogP contribution in [0.1, 0.15) is 19.8 Å². The summed E-state index contributed by atoms with van der Waals surface area (Å²) >= 11 is 6.45. The summed E-state index contributed by atoms with van der Waals surface area (Å²) in [7, 11) is -3.76. The molecule has 2 N–H and O–H groups in total. The number of sulfonamides is 1. The van der Waals surface area contributed by atoms with Gasteiger partial charge in [0.1, 0.15) is 4.21 Å². The van der Waals surface area contributed by atoms with E-state index in [1.165, 1.54) is 4.31 Å². The predicted molar refractivity (Wildman–Crippen MR) is 81.1 cm³/mol. The molecule has 0 radical (unpaired) electrons. The number of hydrogen-bond acceptors (Lipinski definition) is 6. The molecule has 1 aliphatic rings. The minimum absolute atomic E-state index is 0.0930. The van der Waals surface area contributed by atoms with Crippen molar-refractivity contribution < 1.29 is 13.3 Å². The Morgan fingerprint density at radius 3 is 2.81 bits per heavy atom. The molecule has 1 aromatic rings. The molecule has 0 aliphatic carbocycles. The number of rotatable bonds is 4. The van der Waals surface area contributed by atoms with E-state index in [9.17, 15) is 18.5 Å². The van der Waals surface area contributed by atoms with Crippen LogP contribution in [0.5, 0.6) is 0 Å². The maximum absolute atomic E-state index is 12.6. The summed E-state index contributed by atoms with van der Waals surface area (Å²) in [5, 5.41) is 10.8. The molecular weight excluding hydrogens is 338 g/mol. The molecule has 2 unspecified atom stereocenters. The van der Waals surface area contributed by atoms with Crippen molar-refractivity contribution in [2.24, 2.45) is 11.7 Å². The fourth-order valence-corrected chi connectivity index (χ4v) is 5.69. The van der Waals surface area contributed by atoms with Gasteiger partial charge in [-0.15, -0.1) is 11.3 Å². The second-order valence-electron chi connectivity index (χ2n) is 5.11. The van der Waals surface area contributed by atoms with Gasteiger partial charge in [-0.1, -0.05) is 11.6 Å². The van der Waals surface area contributed by atoms with E-state index in [4.69, 9.17) is 17.3 Å². The van der Waals surface area contributed by atoms with E-state index in [0.29, 0.717) is 24.4 Å². The van der Waals surface area contributed by atoms with Crippen LogP contribution in [0.15, 0.2) is 10.3 Å². The van der Waals surface area contributed by atoms with Gasteiger partial charge in [-0.05, 0) is 25.7 Å². The Balaban J connectivity index is 2.29. The lowest BCUT2D eigenvalue weighted by Gasteiger charge is -2.33. The zero-order chi connectivity index (χ0) is 15.8. The molecule has 2 rings (SSSR count). The molecule has 0 spiro atoms. The van der Waals surface area contributed by atoms with E-state index in [0.717, 1.165) is 18.9 Å². The van der Waals surface area contributed by atoms with Gasteiger partial charge in [-0.2, -0.15) is 4.31 Å². The van der Waals surface area contributed by atoms with E-state index in [1.807, 2.05) is 6.92 Å². The highest BCUT2D eigenvalue weighted by atomic mass is 35.5. The highest BCUT2D eigenvalue weighted by Crippen LogP contribution is 2.38. The summed E-state index contributed by atoms with van der Waals surface area (Å²) in [4.78, 5) is 10.1. The fraction of sp³-hybridized carbons (Fsp3) is 0.636. The Hall–Kier alpha value is -0.740. The molecule has 0 amide bonds. The second-order valence-corrected chi connectivity index (χ2v) is 8.93. The van der Waals surface area contributed by atoms with Crippen LogP contribution >= 0.6 is 22.9 Å². The molecule has 21 heavy (non-hydrogen) atoms. The fourth-order valence-electron chi connectivity index (χ4n) is 2.34. The summed E-state index contributed by atoms with van der Waals surface area (Å²) in [5.74, 6) is 0.0962. The van der Waals surface area contributed by atoms with Gasteiger partial charge >= 0.3 is 0 Å². The van der Waals surface area contributed by atoms with Gasteiger partial charge in [0, 0.05) is 25.2 Å². The second kappa shape index (κ2) is 6.17. The zero-order valence-corrected chi connectivity index (χ0v) is 13.7. The molecule has 1 aromatic heterocycles. The minimum atomic E-state index is -3.76. The number of hydrogen-bond donors (Lipinski definition) is 1. The summed E-state index contributed by atoms with van der Waals surface area (Å²) in [6.07, 6.45) is 1.61. The van der Waals surface area contributed by atoms with Crippen LogP contribution in [0.4, 0.5) is 5.69 Å². The molecular formula is C11H16ClN3O4S2. The molecule has 118 valence electrons. The number of halogens is 1. The van der Waals surface area contributed by atoms with Crippen molar-refractivity contribution >= 4 is 38.6 Å². The van der Waals surface area contributed by atoms with Crippen molar-refractivity contribution in [2.75, 3.05) is 13.1 Å². The van der Waals surface area contributed by atoms with Crippen LogP contribution in [0.25, 0.3) is 0 Å². The molecule has 0 aromatic carbocycles. The van der Waals surface area contributed by atoms with Crippen LogP contribution in [0.2, 0.25) is 4.34 Å². The van der Waals surface area contributed by atoms with Crippen molar-refractivity contribution in [3.8, 4) is 0 Å². The van der Waals surface area contributed by atoms with Gasteiger partial charge in [-0.25, -0.2) is 8.42 Å². The third-order valence-corrected chi connectivity index (χ3v) is 7.25. The summed E-state index contributed by atoms with van der Waals surface area (Å²) in [6, 6.07) is 0.932. The Kier molecular flexibility index (Phi) is 4.89. The average Bonchev–Trinajstić information content (AvgIpc) is 2.82. The number of nitrogens with two attached hydrogens (primary N) is 1. The lowest BCUT2D eigenvalue weighted by atomic mass is 9.93.